The summed E-state index contributed by atoms with van der Waals surface area (Å²) >= 11 is 3.27. The van der Waals surface area contributed by atoms with E-state index in [0.717, 1.165) is 4.47 Å². The molecule has 2 aromatic rings. The maximum Gasteiger partial charge on any atom is 0.336 e. The summed E-state index contributed by atoms with van der Waals surface area (Å²) in [5.41, 5.74) is 0.774. The van der Waals surface area contributed by atoms with Crippen LogP contribution in [0.1, 0.15) is 30.2 Å². The van der Waals surface area contributed by atoms with Gasteiger partial charge in [0.25, 0.3) is 0 Å². The van der Waals surface area contributed by atoms with Crippen molar-refractivity contribution in [1.82, 2.24) is 14.8 Å². The molecule has 2 rings (SSSR count). The first-order chi connectivity index (χ1) is 8.50. The molecule has 1 aromatic carbocycles. The summed E-state index contributed by atoms with van der Waals surface area (Å²) in [6.07, 6.45) is 1.43. The Hall–Kier alpha value is -1.69. The van der Waals surface area contributed by atoms with E-state index in [1.807, 2.05) is 13.8 Å². The molecule has 5 nitrogen and oxygen atoms in total. The largest absolute Gasteiger partial charge is 0.478 e. The van der Waals surface area contributed by atoms with Crippen molar-refractivity contribution in [2.24, 2.45) is 0 Å². The van der Waals surface area contributed by atoms with Gasteiger partial charge in [-0.15, -0.1) is 0 Å². The maximum absolute atomic E-state index is 11.3. The lowest BCUT2D eigenvalue weighted by Gasteiger charge is -2.11. The van der Waals surface area contributed by atoms with E-state index < -0.39 is 5.97 Å². The van der Waals surface area contributed by atoms with Crippen molar-refractivity contribution >= 4 is 21.9 Å². The Bertz CT molecular complexity index is 593. The first kappa shape index (κ1) is 12.8. The molecule has 6 heteroatoms. The molecule has 0 saturated carbocycles. The number of nitrogens with zero attached hydrogens (tertiary/aromatic N) is 3. The zero-order chi connectivity index (χ0) is 13.3. The Kier molecular flexibility index (Phi) is 3.47. The molecule has 1 N–H and O–H groups in total. The summed E-state index contributed by atoms with van der Waals surface area (Å²) in [5.74, 6) is -0.417. The standard InChI is InChI=1S/C12H12BrN3O2/c1-7(2)16-11(14-6-15-16)9-4-3-8(13)5-10(9)12(17)18/h3-7H,1-2H3,(H,17,18). The molecule has 0 bridgehead atoms. The van der Waals surface area contributed by atoms with Crippen LogP contribution in [0.4, 0.5) is 0 Å². The van der Waals surface area contributed by atoms with Gasteiger partial charge in [-0.25, -0.2) is 14.5 Å². The van der Waals surface area contributed by atoms with Crippen LogP contribution in [0.5, 0.6) is 0 Å². The molecular formula is C12H12BrN3O2. The molecule has 0 unspecified atom stereocenters. The van der Waals surface area contributed by atoms with Crippen LogP contribution in [0.3, 0.4) is 0 Å². The van der Waals surface area contributed by atoms with Crippen LogP contribution in [-0.2, 0) is 0 Å². The van der Waals surface area contributed by atoms with Gasteiger partial charge in [0.05, 0.1) is 5.56 Å². The van der Waals surface area contributed by atoms with Crippen LogP contribution in [-0.4, -0.2) is 25.8 Å². The third-order valence-corrected chi connectivity index (χ3v) is 3.01. The van der Waals surface area contributed by atoms with E-state index >= 15 is 0 Å². The van der Waals surface area contributed by atoms with Gasteiger partial charge >= 0.3 is 5.97 Å². The normalized spacial score (nSPS) is 10.9. The van der Waals surface area contributed by atoms with Gasteiger partial charge in [-0.3, -0.25) is 0 Å². The van der Waals surface area contributed by atoms with E-state index in [2.05, 4.69) is 26.0 Å². The highest BCUT2D eigenvalue weighted by molar-refractivity contribution is 9.10. The minimum absolute atomic E-state index is 0.118. The van der Waals surface area contributed by atoms with Crippen molar-refractivity contribution in [3.05, 3.63) is 34.6 Å². The topological polar surface area (TPSA) is 68.0 Å². The van der Waals surface area contributed by atoms with Gasteiger partial charge in [-0.1, -0.05) is 15.9 Å². The number of aromatic nitrogens is 3. The number of carboxylic acids is 1. The number of hydrogen-bond donors (Lipinski definition) is 1. The first-order valence-corrected chi connectivity index (χ1v) is 6.22. The zero-order valence-corrected chi connectivity index (χ0v) is 11.5. The predicted octanol–water partition coefficient (Wildman–Crippen LogP) is 2.99. The van der Waals surface area contributed by atoms with Crippen LogP contribution in [0.15, 0.2) is 29.0 Å². The quantitative estimate of drug-likeness (QED) is 0.946. The van der Waals surface area contributed by atoms with E-state index in [-0.39, 0.29) is 11.6 Å². The number of halogens is 1. The number of rotatable bonds is 3. The molecule has 94 valence electrons. The third-order valence-electron chi connectivity index (χ3n) is 2.52. The average Bonchev–Trinajstić information content (AvgIpc) is 2.77. The van der Waals surface area contributed by atoms with E-state index in [4.69, 9.17) is 0 Å². The lowest BCUT2D eigenvalue weighted by atomic mass is 10.1. The molecule has 0 radical (unpaired) electrons. The Morgan fingerprint density at radius 3 is 2.78 bits per heavy atom. The van der Waals surface area contributed by atoms with Gasteiger partial charge in [0.1, 0.15) is 6.33 Å². The number of aromatic carboxylic acids is 1. The summed E-state index contributed by atoms with van der Waals surface area (Å²) in [4.78, 5) is 15.4. The van der Waals surface area contributed by atoms with E-state index in [1.54, 1.807) is 22.9 Å². The number of carboxylic acid groups (broad SMARTS) is 1. The second-order valence-corrected chi connectivity index (χ2v) is 5.03. The molecule has 0 saturated heterocycles. The Labute approximate surface area is 113 Å². The zero-order valence-electron chi connectivity index (χ0n) is 9.96. The van der Waals surface area contributed by atoms with Crippen molar-refractivity contribution in [2.75, 3.05) is 0 Å². The van der Waals surface area contributed by atoms with E-state index in [9.17, 15) is 9.90 Å². The molecule has 0 atom stereocenters. The van der Waals surface area contributed by atoms with Crippen molar-refractivity contribution in [3.8, 4) is 11.4 Å². The third kappa shape index (κ3) is 2.28. The highest BCUT2D eigenvalue weighted by Crippen LogP contribution is 2.26. The van der Waals surface area contributed by atoms with Crippen LogP contribution in [0, 0.1) is 0 Å². The fourth-order valence-electron chi connectivity index (χ4n) is 1.71. The number of benzene rings is 1. The molecule has 0 amide bonds. The second-order valence-electron chi connectivity index (χ2n) is 4.12. The Morgan fingerprint density at radius 1 is 1.44 bits per heavy atom. The van der Waals surface area contributed by atoms with Gasteiger partial charge < -0.3 is 5.11 Å². The summed E-state index contributed by atoms with van der Waals surface area (Å²) in [6.45, 7) is 3.94. The van der Waals surface area contributed by atoms with Crippen LogP contribution in [0.2, 0.25) is 0 Å². The van der Waals surface area contributed by atoms with Crippen molar-refractivity contribution in [2.45, 2.75) is 19.9 Å². The highest BCUT2D eigenvalue weighted by atomic mass is 79.9. The summed E-state index contributed by atoms with van der Waals surface area (Å²) in [6, 6.07) is 5.21. The van der Waals surface area contributed by atoms with Gasteiger partial charge in [0.15, 0.2) is 5.82 Å². The predicted molar refractivity (Wildman–Crippen MR) is 70.5 cm³/mol. The molecule has 18 heavy (non-hydrogen) atoms. The molecule has 0 aliphatic heterocycles. The molecule has 0 fully saturated rings. The van der Waals surface area contributed by atoms with Gasteiger partial charge in [0, 0.05) is 16.1 Å². The number of hydrogen-bond acceptors (Lipinski definition) is 3. The molecule has 0 aliphatic carbocycles. The minimum Gasteiger partial charge on any atom is -0.478 e. The minimum atomic E-state index is -0.982. The van der Waals surface area contributed by atoms with Crippen molar-refractivity contribution in [3.63, 3.8) is 0 Å². The lowest BCUT2D eigenvalue weighted by Crippen LogP contribution is -2.08. The molecule has 1 aromatic heterocycles. The maximum atomic E-state index is 11.3. The van der Waals surface area contributed by atoms with Gasteiger partial charge in [-0.2, -0.15) is 5.10 Å². The molecule has 1 heterocycles. The van der Waals surface area contributed by atoms with Gasteiger partial charge in [-0.05, 0) is 32.0 Å². The summed E-state index contributed by atoms with van der Waals surface area (Å²) < 4.78 is 2.43. The van der Waals surface area contributed by atoms with E-state index in [1.165, 1.54) is 6.33 Å². The smallest absolute Gasteiger partial charge is 0.336 e. The monoisotopic (exact) mass is 309 g/mol. The molecule has 0 spiro atoms. The van der Waals surface area contributed by atoms with Gasteiger partial charge in [0.2, 0.25) is 0 Å². The van der Waals surface area contributed by atoms with Crippen LogP contribution in [0.25, 0.3) is 11.4 Å². The summed E-state index contributed by atoms with van der Waals surface area (Å²) in [7, 11) is 0. The second kappa shape index (κ2) is 4.89. The lowest BCUT2D eigenvalue weighted by molar-refractivity contribution is 0.0697. The Balaban J connectivity index is 2.63. The number of carbonyl (C=O) groups is 1. The van der Waals surface area contributed by atoms with E-state index in [0.29, 0.717) is 11.4 Å². The molecular weight excluding hydrogens is 298 g/mol. The SMILES string of the molecule is CC(C)n1ncnc1-c1ccc(Br)cc1C(=O)O. The molecule has 0 aliphatic rings. The first-order valence-electron chi connectivity index (χ1n) is 5.43. The van der Waals surface area contributed by atoms with Crippen molar-refractivity contribution in [1.29, 1.82) is 0 Å². The Morgan fingerprint density at radius 2 is 2.17 bits per heavy atom. The van der Waals surface area contributed by atoms with Crippen LogP contribution >= 0.6 is 15.9 Å². The van der Waals surface area contributed by atoms with Crippen molar-refractivity contribution < 1.29 is 9.90 Å². The summed E-state index contributed by atoms with van der Waals surface area (Å²) in [5, 5.41) is 13.4. The average molecular weight is 310 g/mol. The highest BCUT2D eigenvalue weighted by Gasteiger charge is 2.17. The van der Waals surface area contributed by atoms with Crippen LogP contribution < -0.4 is 0 Å². The fourth-order valence-corrected chi connectivity index (χ4v) is 2.07. The fraction of sp³-hybridized carbons (Fsp3) is 0.250.